The van der Waals surface area contributed by atoms with Gasteiger partial charge in [0.25, 0.3) is 5.91 Å². The third kappa shape index (κ3) is 3.94. The predicted molar refractivity (Wildman–Crippen MR) is 109 cm³/mol. The third-order valence-corrected chi connectivity index (χ3v) is 6.35. The summed E-state index contributed by atoms with van der Waals surface area (Å²) >= 11 is 1.64. The van der Waals surface area contributed by atoms with Gasteiger partial charge in [-0.15, -0.1) is 0 Å². The molecule has 1 aliphatic rings. The minimum absolute atomic E-state index is 0.0689. The molecule has 0 saturated carbocycles. The number of halogens is 3. The number of thiazole rings is 1. The van der Waals surface area contributed by atoms with E-state index in [-0.39, 0.29) is 11.5 Å². The molecule has 0 atom stereocenters. The molecule has 4 nitrogen and oxygen atoms in total. The van der Waals surface area contributed by atoms with E-state index in [9.17, 15) is 18.0 Å². The molecule has 2 heterocycles. The molecule has 1 aliphatic heterocycles. The van der Waals surface area contributed by atoms with Crippen molar-refractivity contribution in [3.05, 3.63) is 58.7 Å². The number of alkyl halides is 3. The summed E-state index contributed by atoms with van der Waals surface area (Å²) in [6.07, 6.45) is -4.46. The zero-order valence-corrected chi connectivity index (χ0v) is 16.9. The lowest BCUT2D eigenvalue weighted by Gasteiger charge is -2.34. The molecular formula is C21H20F3N3OS. The third-order valence-electron chi connectivity index (χ3n) is 5.08. The normalized spacial score (nSPS) is 15.2. The maximum atomic E-state index is 12.9. The van der Waals surface area contributed by atoms with E-state index in [1.807, 2.05) is 6.92 Å². The Hall–Kier alpha value is -2.61. The van der Waals surface area contributed by atoms with Crippen LogP contribution < -0.4 is 4.90 Å². The summed E-state index contributed by atoms with van der Waals surface area (Å²) in [4.78, 5) is 21.2. The molecule has 0 spiro atoms. The lowest BCUT2D eigenvalue weighted by Crippen LogP contribution is -2.48. The van der Waals surface area contributed by atoms with Gasteiger partial charge in [-0.05, 0) is 49.2 Å². The topological polar surface area (TPSA) is 36.4 Å². The Morgan fingerprint density at radius 3 is 2.48 bits per heavy atom. The molecule has 3 aromatic rings. The Labute approximate surface area is 170 Å². The summed E-state index contributed by atoms with van der Waals surface area (Å²) in [6.45, 7) is 6.21. The fourth-order valence-corrected chi connectivity index (χ4v) is 4.68. The standard InChI is InChI=1S/C21H20F3N3OS/c1-13-10-14(2)18-17(11-13)25-20(29-18)27-8-6-26(7-9-27)19(28)15-4-3-5-16(12-15)21(22,23)24/h3-5,10-12H,6-9H2,1-2H3. The lowest BCUT2D eigenvalue weighted by molar-refractivity contribution is -0.137. The van der Waals surface area contributed by atoms with E-state index in [1.54, 1.807) is 16.2 Å². The van der Waals surface area contributed by atoms with Gasteiger partial charge < -0.3 is 9.80 Å². The van der Waals surface area contributed by atoms with E-state index in [0.29, 0.717) is 26.2 Å². The Kier molecular flexibility index (Phi) is 4.98. The van der Waals surface area contributed by atoms with Gasteiger partial charge in [-0.3, -0.25) is 4.79 Å². The highest BCUT2D eigenvalue weighted by atomic mass is 32.1. The molecule has 0 bridgehead atoms. The van der Waals surface area contributed by atoms with Crippen LogP contribution in [0.5, 0.6) is 0 Å². The first-order valence-corrected chi connectivity index (χ1v) is 10.1. The SMILES string of the molecule is Cc1cc(C)c2sc(N3CCN(C(=O)c4cccc(C(F)(F)F)c4)CC3)nc2c1. The highest BCUT2D eigenvalue weighted by molar-refractivity contribution is 7.22. The van der Waals surface area contributed by atoms with Gasteiger partial charge in [0.1, 0.15) is 0 Å². The van der Waals surface area contributed by atoms with Crippen molar-refractivity contribution >= 4 is 32.6 Å². The van der Waals surface area contributed by atoms with Crippen LogP contribution in [0, 0.1) is 13.8 Å². The molecule has 0 aliphatic carbocycles. The van der Waals surface area contributed by atoms with Crippen molar-refractivity contribution in [2.24, 2.45) is 0 Å². The molecule has 0 radical (unpaired) electrons. The highest BCUT2D eigenvalue weighted by Crippen LogP contribution is 2.33. The number of hydrogen-bond acceptors (Lipinski definition) is 4. The van der Waals surface area contributed by atoms with Gasteiger partial charge in [0, 0.05) is 31.7 Å². The second-order valence-corrected chi connectivity index (χ2v) is 8.26. The van der Waals surface area contributed by atoms with Crippen LogP contribution in [0.4, 0.5) is 18.3 Å². The van der Waals surface area contributed by atoms with Crippen molar-refractivity contribution < 1.29 is 18.0 Å². The van der Waals surface area contributed by atoms with Gasteiger partial charge in [-0.2, -0.15) is 13.2 Å². The van der Waals surface area contributed by atoms with E-state index < -0.39 is 11.7 Å². The van der Waals surface area contributed by atoms with Crippen molar-refractivity contribution in [2.75, 3.05) is 31.1 Å². The molecule has 4 rings (SSSR count). The Morgan fingerprint density at radius 2 is 1.79 bits per heavy atom. The van der Waals surface area contributed by atoms with E-state index in [0.717, 1.165) is 27.5 Å². The predicted octanol–water partition coefficient (Wildman–Crippen LogP) is 4.89. The number of rotatable bonds is 2. The van der Waals surface area contributed by atoms with Crippen molar-refractivity contribution in [3.8, 4) is 0 Å². The van der Waals surface area contributed by atoms with Crippen LogP contribution in [0.1, 0.15) is 27.0 Å². The van der Waals surface area contributed by atoms with Crippen molar-refractivity contribution in [3.63, 3.8) is 0 Å². The average molecular weight is 419 g/mol. The van der Waals surface area contributed by atoms with Crippen LogP contribution in [-0.4, -0.2) is 42.0 Å². The molecule has 1 aromatic heterocycles. The Balaban J connectivity index is 1.47. The molecular weight excluding hydrogens is 399 g/mol. The average Bonchev–Trinajstić information content (AvgIpc) is 3.11. The number of carbonyl (C=O) groups is 1. The van der Waals surface area contributed by atoms with Gasteiger partial charge in [0.05, 0.1) is 15.8 Å². The smallest absolute Gasteiger partial charge is 0.345 e. The van der Waals surface area contributed by atoms with Crippen molar-refractivity contribution in [1.29, 1.82) is 0 Å². The number of benzene rings is 2. The van der Waals surface area contributed by atoms with Crippen LogP contribution in [0.3, 0.4) is 0 Å². The molecule has 0 unspecified atom stereocenters. The number of fused-ring (bicyclic) bond motifs is 1. The zero-order chi connectivity index (χ0) is 20.8. The first kappa shape index (κ1) is 19.7. The second-order valence-electron chi connectivity index (χ2n) is 7.28. The number of piperazine rings is 1. The van der Waals surface area contributed by atoms with Crippen LogP contribution in [0.15, 0.2) is 36.4 Å². The molecule has 29 heavy (non-hydrogen) atoms. The minimum Gasteiger partial charge on any atom is -0.345 e. The van der Waals surface area contributed by atoms with Crippen molar-refractivity contribution in [1.82, 2.24) is 9.88 Å². The quantitative estimate of drug-likeness (QED) is 0.593. The first-order valence-electron chi connectivity index (χ1n) is 9.31. The zero-order valence-electron chi connectivity index (χ0n) is 16.1. The maximum absolute atomic E-state index is 12.9. The molecule has 2 aromatic carbocycles. The summed E-state index contributed by atoms with van der Waals surface area (Å²) in [7, 11) is 0. The highest BCUT2D eigenvalue weighted by Gasteiger charge is 2.32. The molecule has 1 saturated heterocycles. The van der Waals surface area contributed by atoms with Crippen LogP contribution >= 0.6 is 11.3 Å². The van der Waals surface area contributed by atoms with Crippen molar-refractivity contribution in [2.45, 2.75) is 20.0 Å². The largest absolute Gasteiger partial charge is 0.416 e. The molecule has 152 valence electrons. The summed E-state index contributed by atoms with van der Waals surface area (Å²) in [5.41, 5.74) is 2.61. The lowest BCUT2D eigenvalue weighted by atomic mass is 10.1. The molecule has 8 heteroatoms. The fraction of sp³-hybridized carbons (Fsp3) is 0.333. The van der Waals surface area contributed by atoms with E-state index >= 15 is 0 Å². The number of carbonyl (C=O) groups excluding carboxylic acids is 1. The second kappa shape index (κ2) is 7.33. The van der Waals surface area contributed by atoms with Gasteiger partial charge in [-0.1, -0.05) is 23.5 Å². The fourth-order valence-electron chi connectivity index (χ4n) is 3.61. The summed E-state index contributed by atoms with van der Waals surface area (Å²) in [5.74, 6) is -0.369. The van der Waals surface area contributed by atoms with Gasteiger partial charge >= 0.3 is 6.18 Å². The minimum atomic E-state index is -4.46. The van der Waals surface area contributed by atoms with Gasteiger partial charge in [0.2, 0.25) is 0 Å². The van der Waals surface area contributed by atoms with E-state index in [1.165, 1.54) is 23.3 Å². The Morgan fingerprint density at radius 1 is 1.07 bits per heavy atom. The van der Waals surface area contributed by atoms with Crippen LogP contribution in [0.2, 0.25) is 0 Å². The van der Waals surface area contributed by atoms with Gasteiger partial charge in [-0.25, -0.2) is 4.98 Å². The first-order chi connectivity index (χ1) is 13.7. The van der Waals surface area contributed by atoms with E-state index in [4.69, 9.17) is 4.98 Å². The summed E-state index contributed by atoms with van der Waals surface area (Å²) < 4.78 is 39.9. The number of nitrogens with zero attached hydrogens (tertiary/aromatic N) is 3. The van der Waals surface area contributed by atoms with Crippen LogP contribution in [-0.2, 0) is 6.18 Å². The number of aryl methyl sites for hydroxylation is 2. The molecule has 1 fully saturated rings. The summed E-state index contributed by atoms with van der Waals surface area (Å²) in [5, 5.41) is 0.917. The van der Waals surface area contributed by atoms with Gasteiger partial charge in [0.15, 0.2) is 5.13 Å². The number of amides is 1. The Bertz CT molecular complexity index is 1070. The van der Waals surface area contributed by atoms with Crippen LogP contribution in [0.25, 0.3) is 10.2 Å². The maximum Gasteiger partial charge on any atom is 0.416 e. The molecule has 0 N–H and O–H groups in total. The van der Waals surface area contributed by atoms with E-state index in [2.05, 4.69) is 24.0 Å². The number of anilines is 1. The number of hydrogen-bond donors (Lipinski definition) is 0. The summed E-state index contributed by atoms with van der Waals surface area (Å²) in [6, 6.07) is 8.81. The monoisotopic (exact) mass is 419 g/mol. The number of aromatic nitrogens is 1. The molecule has 1 amide bonds.